The van der Waals surface area contributed by atoms with Crippen molar-refractivity contribution in [1.82, 2.24) is 10.6 Å². The molecule has 0 aromatic heterocycles. The van der Waals surface area contributed by atoms with E-state index >= 15 is 9.36 Å². The second-order valence-electron chi connectivity index (χ2n) is 28.5. The summed E-state index contributed by atoms with van der Waals surface area (Å²) in [7, 11) is -5.22. The predicted molar refractivity (Wildman–Crippen MR) is 423 cm³/mol. The second-order valence-corrected chi connectivity index (χ2v) is 34.8. The molecule has 22 nitrogen and oxygen atoms in total. The van der Waals surface area contributed by atoms with E-state index in [1.807, 2.05) is 0 Å². The van der Waals surface area contributed by atoms with Crippen molar-refractivity contribution >= 4 is 119 Å². The zero-order valence-electron chi connectivity index (χ0n) is 64.7. The van der Waals surface area contributed by atoms with Gasteiger partial charge in [-0.3, -0.25) is 28.5 Å². The Balaban J connectivity index is 2.29. The van der Waals surface area contributed by atoms with E-state index in [2.05, 4.69) is 38.3 Å². The maximum Gasteiger partial charge on any atom is 0.588 e. The third-order valence-corrected chi connectivity index (χ3v) is 21.4. The van der Waals surface area contributed by atoms with Crippen molar-refractivity contribution in [3.05, 3.63) is 60.7 Å². The highest BCUT2D eigenvalue weighted by atomic mass is 35.6. The first-order valence-electron chi connectivity index (χ1n) is 39.7. The molecule has 1 aliphatic heterocycles. The molecule has 1 fully saturated rings. The van der Waals surface area contributed by atoms with Crippen molar-refractivity contribution in [1.29, 1.82) is 0 Å². The van der Waals surface area contributed by atoms with E-state index in [4.69, 9.17) is 121 Å². The molecule has 8 atom stereocenters. The normalized spacial score (nSPS) is 17.0. The Morgan fingerprint density at radius 3 is 1.38 bits per heavy atom. The highest BCUT2D eigenvalue weighted by molar-refractivity contribution is 7.49. The third-order valence-electron chi connectivity index (χ3n) is 18.3. The number of ether oxygens (including phenoxy) is 8. The molecule has 0 radical (unpaired) electrons. The van der Waals surface area contributed by atoms with Gasteiger partial charge in [-0.05, 0) is 83.1 Å². The Morgan fingerprint density at radius 1 is 0.528 bits per heavy atom. The number of hydrogen-bond acceptors (Lipinski definition) is 19. The van der Waals surface area contributed by atoms with E-state index < -0.39 is 145 Å². The lowest BCUT2D eigenvalue weighted by atomic mass is 9.96. The maximum atomic E-state index is 15.8. The largest absolute Gasteiger partial charge is 0.588 e. The lowest BCUT2D eigenvalue weighted by Crippen LogP contribution is -2.67. The van der Waals surface area contributed by atoms with Gasteiger partial charge in [0, 0.05) is 19.3 Å². The van der Waals surface area contributed by atoms with Gasteiger partial charge in [0.05, 0.1) is 25.5 Å². The highest BCUT2D eigenvalue weighted by Crippen LogP contribution is 2.53. The molecule has 1 unspecified atom stereocenters. The number of carboxylic acid groups (broad SMARTS) is 1. The molecule has 3 N–H and O–H groups in total. The van der Waals surface area contributed by atoms with Crippen LogP contribution in [0.5, 0.6) is 11.5 Å². The molecule has 0 saturated carbocycles. The fourth-order valence-corrected chi connectivity index (χ4v) is 13.8. The van der Waals surface area contributed by atoms with Crippen LogP contribution in [0.25, 0.3) is 0 Å². The smallest absolute Gasteiger partial charge is 0.481 e. The monoisotopic (exact) mass is 1660 g/mol. The highest BCUT2D eigenvalue weighted by Gasteiger charge is 2.55. The van der Waals surface area contributed by atoms with Crippen LogP contribution in [0.15, 0.2) is 60.7 Å². The zero-order chi connectivity index (χ0) is 79.5. The number of nitrogens with one attached hydrogen (secondary N) is 2. The topological polar surface area (TPSA) is 282 Å². The molecule has 2 aromatic carbocycles. The van der Waals surface area contributed by atoms with Crippen LogP contribution in [-0.2, 0) is 71.0 Å². The number of unbranched alkanes of at least 4 members (excludes halogenated alkanes) is 28. The fourth-order valence-electron chi connectivity index (χ4n) is 12.1. The molecule has 3 rings (SSSR count). The fraction of sp³-hybridized carbons (Fsp3) is 0.759. The molecule has 0 bridgehead atoms. The van der Waals surface area contributed by atoms with Gasteiger partial charge in [0.2, 0.25) is 13.5 Å². The number of carbonyl (C=O) groups excluding carboxylic acids is 6. The summed E-state index contributed by atoms with van der Waals surface area (Å²) < 4.78 is 78.6. The minimum absolute atomic E-state index is 0.0536. The van der Waals surface area contributed by atoms with Crippen molar-refractivity contribution in [2.45, 2.75) is 360 Å². The van der Waals surface area contributed by atoms with Crippen LogP contribution in [0.3, 0.4) is 0 Å². The van der Waals surface area contributed by atoms with E-state index in [0.717, 1.165) is 167 Å². The number of carboxylic acids is 1. The average molecular weight is 1670 g/mol. The summed E-state index contributed by atoms with van der Waals surface area (Å²) in [6, 6.07) is 12.3. The van der Waals surface area contributed by atoms with Gasteiger partial charge in [-0.2, -0.15) is 0 Å². The first-order valence-corrected chi connectivity index (χ1v) is 43.4. The van der Waals surface area contributed by atoms with E-state index in [1.165, 1.54) is 51.0 Å². The summed E-state index contributed by atoms with van der Waals surface area (Å²) in [5.74, 6) is -4.01. The summed E-state index contributed by atoms with van der Waals surface area (Å²) in [4.78, 5) is 97.7. The van der Waals surface area contributed by atoms with Gasteiger partial charge >= 0.3 is 43.9 Å². The van der Waals surface area contributed by atoms with Crippen LogP contribution in [0.4, 0.5) is 9.59 Å². The Morgan fingerprint density at radius 2 is 0.954 bits per heavy atom. The van der Waals surface area contributed by atoms with Gasteiger partial charge in [-0.25, -0.2) is 14.2 Å². The molecule has 29 heteroatoms. The summed E-state index contributed by atoms with van der Waals surface area (Å²) >= 11 is 37.0. The van der Waals surface area contributed by atoms with Gasteiger partial charge in [-0.1, -0.05) is 313 Å². The number of amides is 2. The molecule has 618 valence electrons. The Labute approximate surface area is 673 Å². The van der Waals surface area contributed by atoms with Gasteiger partial charge < -0.3 is 62.7 Å². The molecular formula is C79H125Cl6N2O20P. The number of phosphoric ester groups is 1. The second kappa shape index (κ2) is 56.9. The number of alkyl halides is 6. The van der Waals surface area contributed by atoms with Crippen LogP contribution < -0.4 is 19.7 Å². The Kier molecular flexibility index (Phi) is 51.6. The number of halogens is 6. The number of benzene rings is 2. The van der Waals surface area contributed by atoms with Crippen LogP contribution >= 0.6 is 77.4 Å². The van der Waals surface area contributed by atoms with E-state index in [9.17, 15) is 33.9 Å². The minimum Gasteiger partial charge on any atom is -0.481 e. The molecule has 0 aliphatic carbocycles. The number of rotatable bonds is 61. The summed E-state index contributed by atoms with van der Waals surface area (Å²) in [6.45, 7) is 8.73. The number of aliphatic carboxylic acids is 1. The van der Waals surface area contributed by atoms with Gasteiger partial charge in [-0.15, -0.1) is 0 Å². The lowest BCUT2D eigenvalue weighted by Gasteiger charge is -2.45. The number of phosphoric acid groups is 1. The predicted octanol–water partition coefficient (Wildman–Crippen LogP) is 22.1. The molecule has 1 heterocycles. The first-order chi connectivity index (χ1) is 51.6. The van der Waals surface area contributed by atoms with Crippen LogP contribution in [0.1, 0.15) is 298 Å². The molecule has 0 spiro atoms. The van der Waals surface area contributed by atoms with Gasteiger partial charge in [0.25, 0.3) is 0 Å². The average Bonchev–Trinajstić information content (AvgIpc) is 0.770. The SMILES string of the molecule is CCCCCCCCCCC[C@H](CC(=O)NC(CCC(=O)O)CO[C@H]1O[C@H](COC(=O)OC(C)(C)C(Cl)(Cl)Cl)[C@@H](OP(=O)(Oc2ccccc2)Oc2ccccc2)[C@H](OC(=O)C[C@@H](CCCCCCCCCCC)OC(=O)CCCCCCCCC)[C@H]1NC(=O)OCC(Cl)(Cl)Cl)OC(=O)CCCCCCCCC. The Bertz CT molecular complexity index is 2800. The quantitative estimate of drug-likeness (QED) is 0.0182. The van der Waals surface area contributed by atoms with E-state index in [1.54, 1.807) is 36.4 Å². The van der Waals surface area contributed by atoms with Crippen LogP contribution in [-0.4, -0.2) is 129 Å². The standard InChI is InChI=1S/C79H125Cl6N2O20P/c1-7-11-15-19-23-25-29-31-37-49-63(100-68(91)51-43-33-27-21-17-13-9-3)55-66(88)86-60(53-54-67(89)90)57-97-74-71(87-75(94)99-59-78(80,81)82)73(103-70(93)56-64(50-38-32-30-26-24-20-16-12-8-2)101-69(92)52-44-34-28-22-18-14-10-4)72(65(102-74)58-98-76(95)104-77(5,6)79(83,84)85)107-108(96,105-61-45-39-35-40-46-61)106-62-47-41-36-42-48-62/h35-36,39-42,45-48,60,63-65,71-74H,7-34,37-38,43-44,49-59H2,1-6H3,(H,86,88)(H,87,94)(H,89,90)/t60?,63-,64-,65-,71-,72-,73-,74+/m1/s1. The van der Waals surface area contributed by atoms with Crippen molar-refractivity contribution in [3.63, 3.8) is 0 Å². The lowest BCUT2D eigenvalue weighted by molar-refractivity contribution is -0.272. The van der Waals surface area contributed by atoms with Crippen molar-refractivity contribution in [2.75, 3.05) is 19.8 Å². The molecule has 1 saturated heterocycles. The van der Waals surface area contributed by atoms with E-state index in [0.29, 0.717) is 32.1 Å². The molecule has 2 aromatic rings. The van der Waals surface area contributed by atoms with Crippen molar-refractivity contribution in [3.8, 4) is 11.5 Å². The number of esters is 3. The number of alkyl carbamates (subject to hydrolysis) is 1. The zero-order valence-corrected chi connectivity index (χ0v) is 70.1. The summed E-state index contributed by atoms with van der Waals surface area (Å²) in [6.07, 6.45) is 18.1. The maximum absolute atomic E-state index is 15.8. The molecule has 1 aliphatic rings. The minimum atomic E-state index is -5.22. The molecular weight excluding hydrogens is 1540 g/mol. The number of carbonyl (C=O) groups is 7. The van der Waals surface area contributed by atoms with Gasteiger partial charge in [0.15, 0.2) is 18.0 Å². The third kappa shape index (κ3) is 46.1. The summed E-state index contributed by atoms with van der Waals surface area (Å²) in [5.41, 5.74) is -1.85. The number of hydrogen-bond donors (Lipinski definition) is 3. The van der Waals surface area contributed by atoms with Crippen LogP contribution in [0, 0.1) is 0 Å². The van der Waals surface area contributed by atoms with Crippen LogP contribution in [0.2, 0.25) is 0 Å². The van der Waals surface area contributed by atoms with Gasteiger partial charge in [0.1, 0.15) is 55.2 Å². The van der Waals surface area contributed by atoms with Crippen molar-refractivity contribution < 1.29 is 94.7 Å². The Hall–Kier alpha value is -4.22. The molecule has 108 heavy (non-hydrogen) atoms. The summed E-state index contributed by atoms with van der Waals surface area (Å²) in [5, 5.41) is 15.6. The first kappa shape index (κ1) is 98.0. The van der Waals surface area contributed by atoms with E-state index in [-0.39, 0.29) is 43.6 Å². The van der Waals surface area contributed by atoms with Crippen molar-refractivity contribution in [2.24, 2.45) is 0 Å². The molecule has 2 amide bonds. The number of para-hydroxylation sites is 2.